The molecule has 1 nitrogen and oxygen atoms in total. The van der Waals surface area contributed by atoms with E-state index in [0.717, 1.165) is 0 Å². The summed E-state index contributed by atoms with van der Waals surface area (Å²) in [5, 5.41) is 0. The van der Waals surface area contributed by atoms with E-state index in [0.29, 0.717) is 0 Å². The van der Waals surface area contributed by atoms with E-state index >= 15 is 0 Å². The fourth-order valence-corrected chi connectivity index (χ4v) is 1.77. The van der Waals surface area contributed by atoms with Crippen LogP contribution in [0.3, 0.4) is 0 Å². The Bertz CT molecular complexity index is 91.1. The van der Waals surface area contributed by atoms with Gasteiger partial charge in [-0.1, -0.05) is 0 Å². The Morgan fingerprint density at radius 2 is 1.22 bits per heavy atom. The minimum atomic E-state index is 0. The summed E-state index contributed by atoms with van der Waals surface area (Å²) in [5.74, 6) is 0. The third-order valence-electron chi connectivity index (χ3n) is 2.62. The van der Waals surface area contributed by atoms with Gasteiger partial charge in [0.05, 0.1) is 13.1 Å². The van der Waals surface area contributed by atoms with Crippen LogP contribution in [-0.4, -0.2) is 30.7 Å². The maximum absolute atomic E-state index is 1.50. The van der Waals surface area contributed by atoms with Crippen molar-refractivity contribution in [1.29, 1.82) is 0 Å². The molecule has 0 saturated carbocycles. The lowest BCUT2D eigenvalue weighted by atomic mass is 10.1. The van der Waals surface area contributed by atoms with Crippen molar-refractivity contribution in [3.05, 3.63) is 0 Å². The van der Waals surface area contributed by atoms with Gasteiger partial charge < -0.3 is 16.9 Å². The average molecular weight is 148 g/mol. The second-order valence-corrected chi connectivity index (χ2v) is 3.30. The third kappa shape index (κ3) is 1.39. The van der Waals surface area contributed by atoms with Gasteiger partial charge in [-0.2, -0.15) is 0 Å². The Kier molecular flexibility index (Phi) is 2.02. The maximum atomic E-state index is 1.50. The molecule has 54 valence electrons. The van der Waals surface area contributed by atoms with Crippen molar-refractivity contribution in [2.24, 2.45) is 0 Å². The quantitative estimate of drug-likeness (QED) is 0.275. The molecule has 0 unspecified atom stereocenters. The number of nitrogens with zero attached hydrogens (tertiary/aromatic N) is 1. The molecule has 9 heavy (non-hydrogen) atoms. The Morgan fingerprint density at radius 3 is 1.56 bits per heavy atom. The first-order chi connectivity index (χ1) is 3.91. The summed E-state index contributed by atoms with van der Waals surface area (Å²) in [5.41, 5.74) is 0. The number of rotatable bonds is 0. The van der Waals surface area contributed by atoms with E-state index in [2.05, 4.69) is 0 Å². The highest BCUT2D eigenvalue weighted by molar-refractivity contribution is 4.61. The predicted molar refractivity (Wildman–Crippen MR) is 33.6 cm³/mol. The van der Waals surface area contributed by atoms with Crippen molar-refractivity contribution >= 4 is 0 Å². The zero-order valence-electron chi connectivity index (χ0n) is 5.77. The zero-order chi connectivity index (χ0) is 5.45. The number of halogens is 1. The molecule has 2 aliphatic rings. The van der Waals surface area contributed by atoms with Crippen molar-refractivity contribution in [1.82, 2.24) is 0 Å². The highest BCUT2D eigenvalue weighted by atomic mass is 35.5. The highest BCUT2D eigenvalue weighted by Gasteiger charge is 2.42. The predicted octanol–water partition coefficient (Wildman–Crippen LogP) is -2.00. The van der Waals surface area contributed by atoms with Crippen LogP contribution in [0.15, 0.2) is 0 Å². The van der Waals surface area contributed by atoms with Gasteiger partial charge in [0, 0.05) is 0 Å². The summed E-state index contributed by atoms with van der Waals surface area (Å²) < 4.78 is 1.50. The SMILES string of the molecule is C1CC[N+]2(CC1)CC2.[Cl-]. The first kappa shape index (κ1) is 7.36. The lowest BCUT2D eigenvalue weighted by Gasteiger charge is -2.22. The van der Waals surface area contributed by atoms with E-state index in [9.17, 15) is 0 Å². The van der Waals surface area contributed by atoms with E-state index in [-0.39, 0.29) is 12.4 Å². The molecule has 0 aromatic heterocycles. The Hall–Kier alpha value is 0.250. The van der Waals surface area contributed by atoms with Gasteiger partial charge >= 0.3 is 0 Å². The smallest absolute Gasteiger partial charge is 0.129 e. The molecular weight excluding hydrogens is 134 g/mol. The molecule has 0 N–H and O–H groups in total. The van der Waals surface area contributed by atoms with Gasteiger partial charge in [-0.05, 0) is 19.3 Å². The molecule has 2 fully saturated rings. The molecular formula is C7H14ClN. The summed E-state index contributed by atoms with van der Waals surface area (Å²) in [6.45, 7) is 6.00. The topological polar surface area (TPSA) is 0 Å². The van der Waals surface area contributed by atoms with E-state index in [1.54, 1.807) is 0 Å². The highest BCUT2D eigenvalue weighted by Crippen LogP contribution is 2.27. The molecule has 1 spiro atoms. The van der Waals surface area contributed by atoms with Crippen LogP contribution < -0.4 is 12.4 Å². The van der Waals surface area contributed by atoms with Crippen molar-refractivity contribution < 1.29 is 16.9 Å². The van der Waals surface area contributed by atoms with E-state index in [1.807, 2.05) is 0 Å². The van der Waals surface area contributed by atoms with Crippen LogP contribution in [0, 0.1) is 0 Å². The monoisotopic (exact) mass is 147 g/mol. The standard InChI is InChI=1S/C7H14N.ClH/c1-2-4-8(5-3-1)6-7-8;/h1-7H2;1H/q+1;/p-1. The van der Waals surface area contributed by atoms with Crippen LogP contribution in [0.25, 0.3) is 0 Å². The minimum Gasteiger partial charge on any atom is -1.00 e. The Balaban J connectivity index is 0.000000405. The summed E-state index contributed by atoms with van der Waals surface area (Å²) in [6, 6.07) is 0. The van der Waals surface area contributed by atoms with Crippen LogP contribution in [0.1, 0.15) is 19.3 Å². The second kappa shape index (κ2) is 2.47. The van der Waals surface area contributed by atoms with Crippen molar-refractivity contribution in [2.45, 2.75) is 19.3 Å². The molecule has 2 heteroatoms. The summed E-state index contributed by atoms with van der Waals surface area (Å²) in [6.07, 6.45) is 4.50. The van der Waals surface area contributed by atoms with Crippen LogP contribution in [0.2, 0.25) is 0 Å². The third-order valence-corrected chi connectivity index (χ3v) is 2.62. The van der Waals surface area contributed by atoms with E-state index in [1.165, 1.54) is 49.9 Å². The molecule has 0 atom stereocenters. The van der Waals surface area contributed by atoms with Crippen LogP contribution in [0.4, 0.5) is 0 Å². The summed E-state index contributed by atoms with van der Waals surface area (Å²) >= 11 is 0. The maximum Gasteiger partial charge on any atom is 0.129 e. The minimum absolute atomic E-state index is 0. The van der Waals surface area contributed by atoms with Crippen LogP contribution >= 0.6 is 0 Å². The summed E-state index contributed by atoms with van der Waals surface area (Å²) in [7, 11) is 0. The largest absolute Gasteiger partial charge is 1.00 e. The van der Waals surface area contributed by atoms with Crippen molar-refractivity contribution in [3.8, 4) is 0 Å². The molecule has 2 saturated heterocycles. The van der Waals surface area contributed by atoms with Gasteiger partial charge in [0.25, 0.3) is 0 Å². The van der Waals surface area contributed by atoms with Gasteiger partial charge in [-0.3, -0.25) is 0 Å². The number of quaternary nitrogens is 1. The van der Waals surface area contributed by atoms with E-state index < -0.39 is 0 Å². The van der Waals surface area contributed by atoms with Crippen molar-refractivity contribution in [2.75, 3.05) is 26.2 Å². The first-order valence-corrected chi connectivity index (χ1v) is 3.76. The molecule has 0 aromatic rings. The lowest BCUT2D eigenvalue weighted by Crippen LogP contribution is -3.00. The van der Waals surface area contributed by atoms with E-state index in [4.69, 9.17) is 0 Å². The molecule has 2 rings (SSSR count). The van der Waals surface area contributed by atoms with Crippen LogP contribution in [-0.2, 0) is 0 Å². The van der Waals surface area contributed by atoms with Crippen LogP contribution in [0.5, 0.6) is 0 Å². The molecule has 0 bridgehead atoms. The van der Waals surface area contributed by atoms with Gasteiger partial charge in [0.2, 0.25) is 0 Å². The second-order valence-electron chi connectivity index (χ2n) is 3.30. The fraction of sp³-hybridized carbons (Fsp3) is 1.00. The van der Waals surface area contributed by atoms with Gasteiger partial charge in [0.15, 0.2) is 0 Å². The Morgan fingerprint density at radius 1 is 0.667 bits per heavy atom. The zero-order valence-corrected chi connectivity index (χ0v) is 6.53. The van der Waals surface area contributed by atoms with Gasteiger partial charge in [-0.15, -0.1) is 0 Å². The lowest BCUT2D eigenvalue weighted by molar-refractivity contribution is -0.805. The average Bonchev–Trinajstić information content (AvgIpc) is 2.52. The normalized spacial score (nSPS) is 29.3. The number of hydrogen-bond donors (Lipinski definition) is 0. The number of piperidine rings is 1. The van der Waals surface area contributed by atoms with Gasteiger partial charge in [-0.25, -0.2) is 0 Å². The van der Waals surface area contributed by atoms with Gasteiger partial charge in [0.1, 0.15) is 13.1 Å². The fourth-order valence-electron chi connectivity index (χ4n) is 1.77. The number of hydrogen-bond acceptors (Lipinski definition) is 0. The van der Waals surface area contributed by atoms with Crippen molar-refractivity contribution in [3.63, 3.8) is 0 Å². The Labute approximate surface area is 63.0 Å². The molecule has 0 aliphatic carbocycles. The summed E-state index contributed by atoms with van der Waals surface area (Å²) in [4.78, 5) is 0. The first-order valence-electron chi connectivity index (χ1n) is 3.76. The molecule has 0 amide bonds. The molecule has 0 radical (unpaired) electrons. The molecule has 2 heterocycles. The molecule has 0 aromatic carbocycles. The molecule has 2 aliphatic heterocycles.